The normalized spacial score (nSPS) is 16.7. The number of benzene rings is 1. The molecule has 1 amide bonds. The minimum Gasteiger partial charge on any atom is -0.365 e. The van der Waals surface area contributed by atoms with E-state index in [0.717, 1.165) is 18.5 Å². The van der Waals surface area contributed by atoms with Gasteiger partial charge in [-0.15, -0.1) is 11.8 Å². The van der Waals surface area contributed by atoms with E-state index in [1.165, 1.54) is 4.90 Å². The van der Waals surface area contributed by atoms with Crippen LogP contribution in [0.3, 0.4) is 0 Å². The number of nitrogens with zero attached hydrogens (tertiary/aromatic N) is 2. The van der Waals surface area contributed by atoms with Crippen LogP contribution in [0.15, 0.2) is 29.2 Å². The van der Waals surface area contributed by atoms with E-state index < -0.39 is 5.54 Å². The zero-order chi connectivity index (χ0) is 15.5. The fraction of sp³-hybridized carbons (Fsp3) is 0.500. The van der Waals surface area contributed by atoms with Gasteiger partial charge in [-0.25, -0.2) is 0 Å². The third-order valence-corrected chi connectivity index (χ3v) is 4.66. The Kier molecular flexibility index (Phi) is 4.79. The highest BCUT2D eigenvalue weighted by Crippen LogP contribution is 2.39. The van der Waals surface area contributed by atoms with Crippen LogP contribution in [0.1, 0.15) is 19.8 Å². The minimum atomic E-state index is -0.722. The van der Waals surface area contributed by atoms with Gasteiger partial charge in [-0.1, -0.05) is 0 Å². The van der Waals surface area contributed by atoms with Gasteiger partial charge < -0.3 is 10.2 Å². The fourth-order valence-electron chi connectivity index (χ4n) is 2.35. The van der Waals surface area contributed by atoms with Crippen molar-refractivity contribution in [1.29, 1.82) is 5.26 Å². The highest BCUT2D eigenvalue weighted by molar-refractivity contribution is 7.98. The van der Waals surface area contributed by atoms with Crippen LogP contribution in [0.25, 0.3) is 0 Å². The molecule has 1 aromatic carbocycles. The van der Waals surface area contributed by atoms with Crippen LogP contribution in [0.5, 0.6) is 0 Å². The molecule has 1 aliphatic rings. The first kappa shape index (κ1) is 15.7. The van der Waals surface area contributed by atoms with Gasteiger partial charge in [0.25, 0.3) is 0 Å². The Morgan fingerprint density at radius 1 is 1.48 bits per heavy atom. The van der Waals surface area contributed by atoms with Gasteiger partial charge >= 0.3 is 0 Å². The minimum absolute atomic E-state index is 0.109. The second-order valence-electron chi connectivity index (χ2n) is 5.69. The molecule has 112 valence electrons. The van der Waals surface area contributed by atoms with E-state index in [-0.39, 0.29) is 12.5 Å². The largest absolute Gasteiger partial charge is 0.365 e. The Hall–Kier alpha value is -1.67. The summed E-state index contributed by atoms with van der Waals surface area (Å²) in [6, 6.07) is 10.3. The molecule has 0 saturated heterocycles. The van der Waals surface area contributed by atoms with Gasteiger partial charge in [-0.2, -0.15) is 5.26 Å². The van der Waals surface area contributed by atoms with Crippen molar-refractivity contribution in [3.63, 3.8) is 0 Å². The Balaban J connectivity index is 1.93. The highest BCUT2D eigenvalue weighted by atomic mass is 32.2. The van der Waals surface area contributed by atoms with Crippen LogP contribution in [0.2, 0.25) is 0 Å². The van der Waals surface area contributed by atoms with E-state index in [1.807, 2.05) is 49.4 Å². The predicted molar refractivity (Wildman–Crippen MR) is 86.4 cm³/mol. The van der Waals surface area contributed by atoms with Crippen molar-refractivity contribution in [3.05, 3.63) is 24.3 Å². The average Bonchev–Trinajstić information content (AvgIpc) is 3.32. The summed E-state index contributed by atoms with van der Waals surface area (Å²) in [7, 11) is 1.88. The van der Waals surface area contributed by atoms with Crippen LogP contribution in [0, 0.1) is 17.2 Å². The van der Waals surface area contributed by atoms with Gasteiger partial charge in [0.05, 0.1) is 12.6 Å². The van der Waals surface area contributed by atoms with Crippen molar-refractivity contribution in [2.75, 3.05) is 24.7 Å². The molecule has 0 radical (unpaired) electrons. The summed E-state index contributed by atoms with van der Waals surface area (Å²) >= 11 is 1.69. The van der Waals surface area contributed by atoms with Gasteiger partial charge in [0, 0.05) is 17.6 Å². The quantitative estimate of drug-likeness (QED) is 0.821. The standard InChI is InChI=1S/C16H21N3OS/c1-16(11-17,12-4-5-12)18-15(20)10-19(2)13-6-8-14(21-3)9-7-13/h6-9,12H,4-5,10H2,1-3H3,(H,18,20)/t16-/m0/s1. The zero-order valence-corrected chi connectivity index (χ0v) is 13.5. The van der Waals surface area contributed by atoms with Crippen LogP contribution in [-0.2, 0) is 4.79 Å². The molecule has 21 heavy (non-hydrogen) atoms. The molecule has 0 spiro atoms. The van der Waals surface area contributed by atoms with Crippen LogP contribution in [-0.4, -0.2) is 31.3 Å². The van der Waals surface area contributed by atoms with Crippen LogP contribution in [0.4, 0.5) is 5.69 Å². The summed E-state index contributed by atoms with van der Waals surface area (Å²) < 4.78 is 0. The smallest absolute Gasteiger partial charge is 0.240 e. The molecule has 0 aliphatic heterocycles. The maximum atomic E-state index is 12.1. The number of rotatable bonds is 6. The predicted octanol–water partition coefficient (Wildman–Crippen LogP) is 2.65. The number of hydrogen-bond acceptors (Lipinski definition) is 4. The topological polar surface area (TPSA) is 56.1 Å². The lowest BCUT2D eigenvalue weighted by Gasteiger charge is -2.25. The number of carbonyl (C=O) groups is 1. The third-order valence-electron chi connectivity index (χ3n) is 3.92. The first-order valence-electron chi connectivity index (χ1n) is 7.06. The van der Waals surface area contributed by atoms with E-state index in [9.17, 15) is 10.1 Å². The second kappa shape index (κ2) is 6.40. The maximum Gasteiger partial charge on any atom is 0.240 e. The lowest BCUT2D eigenvalue weighted by molar-refractivity contribution is -0.121. The monoisotopic (exact) mass is 303 g/mol. The van der Waals surface area contributed by atoms with Crippen molar-refractivity contribution in [2.45, 2.75) is 30.2 Å². The maximum absolute atomic E-state index is 12.1. The number of thioether (sulfide) groups is 1. The van der Waals surface area contributed by atoms with Crippen molar-refractivity contribution in [3.8, 4) is 6.07 Å². The van der Waals surface area contributed by atoms with Gasteiger partial charge in [0.2, 0.25) is 5.91 Å². The number of hydrogen-bond donors (Lipinski definition) is 1. The summed E-state index contributed by atoms with van der Waals surface area (Å²) in [5, 5.41) is 12.2. The number of carbonyl (C=O) groups excluding carboxylic acids is 1. The molecule has 2 rings (SSSR count). The van der Waals surface area contributed by atoms with E-state index in [0.29, 0.717) is 5.92 Å². The first-order chi connectivity index (χ1) is 9.98. The van der Waals surface area contributed by atoms with Gasteiger partial charge in [-0.05, 0) is 56.2 Å². The molecule has 4 nitrogen and oxygen atoms in total. The van der Waals surface area contributed by atoms with Gasteiger partial charge in [0.15, 0.2) is 0 Å². The second-order valence-corrected chi connectivity index (χ2v) is 6.57. The van der Waals surface area contributed by atoms with Crippen molar-refractivity contribution in [2.24, 2.45) is 5.92 Å². The molecule has 1 atom stereocenters. The number of anilines is 1. The Morgan fingerprint density at radius 2 is 2.10 bits per heavy atom. The Morgan fingerprint density at radius 3 is 2.57 bits per heavy atom. The van der Waals surface area contributed by atoms with E-state index in [1.54, 1.807) is 11.8 Å². The zero-order valence-electron chi connectivity index (χ0n) is 12.7. The summed E-state index contributed by atoms with van der Waals surface area (Å²) in [6.45, 7) is 2.07. The lowest BCUT2D eigenvalue weighted by Crippen LogP contribution is -2.49. The van der Waals surface area contributed by atoms with Gasteiger partial charge in [-0.3, -0.25) is 4.79 Å². The van der Waals surface area contributed by atoms with Crippen molar-refractivity contribution < 1.29 is 4.79 Å². The SMILES string of the molecule is CSc1ccc(N(C)CC(=O)N[C@@](C)(C#N)C2CC2)cc1. The fourth-order valence-corrected chi connectivity index (χ4v) is 2.76. The molecule has 0 bridgehead atoms. The summed E-state index contributed by atoms with van der Waals surface area (Å²) in [6.07, 6.45) is 4.08. The molecule has 1 aliphatic carbocycles. The average molecular weight is 303 g/mol. The summed E-state index contributed by atoms with van der Waals surface area (Å²) in [4.78, 5) is 15.2. The number of nitriles is 1. The molecule has 1 saturated carbocycles. The number of nitrogens with one attached hydrogen (secondary N) is 1. The highest BCUT2D eigenvalue weighted by Gasteiger charge is 2.43. The van der Waals surface area contributed by atoms with E-state index >= 15 is 0 Å². The molecular formula is C16H21N3OS. The Bertz CT molecular complexity index is 548. The molecule has 1 fully saturated rings. The lowest BCUT2D eigenvalue weighted by atomic mass is 9.98. The summed E-state index contributed by atoms with van der Waals surface area (Å²) in [5.41, 5.74) is 0.272. The molecular weight excluding hydrogens is 282 g/mol. The molecule has 1 aromatic rings. The molecule has 0 heterocycles. The van der Waals surface area contributed by atoms with Crippen molar-refractivity contribution >= 4 is 23.4 Å². The van der Waals surface area contributed by atoms with Crippen molar-refractivity contribution in [1.82, 2.24) is 5.32 Å². The van der Waals surface area contributed by atoms with E-state index in [4.69, 9.17) is 0 Å². The van der Waals surface area contributed by atoms with Gasteiger partial charge in [0.1, 0.15) is 5.54 Å². The number of amides is 1. The molecule has 5 heteroatoms. The molecule has 0 aromatic heterocycles. The Labute approximate surface area is 130 Å². The first-order valence-corrected chi connectivity index (χ1v) is 8.28. The number of likely N-dealkylation sites (N-methyl/N-ethyl adjacent to an activating group) is 1. The van der Waals surface area contributed by atoms with E-state index in [2.05, 4.69) is 11.4 Å². The molecule has 0 unspecified atom stereocenters. The third kappa shape index (κ3) is 3.92. The van der Waals surface area contributed by atoms with Crippen LogP contribution < -0.4 is 10.2 Å². The van der Waals surface area contributed by atoms with Crippen LogP contribution >= 0.6 is 11.8 Å². The summed E-state index contributed by atoms with van der Waals surface area (Å²) in [5.74, 6) is 0.194. The molecule has 1 N–H and O–H groups in total.